The second-order valence-corrected chi connectivity index (χ2v) is 14.7. The normalized spacial score (nSPS) is 20.0. The van der Waals surface area contributed by atoms with E-state index < -0.39 is 11.3 Å². The molecule has 0 aliphatic heterocycles. The number of thiol groups is 1. The van der Waals surface area contributed by atoms with Gasteiger partial charge in [0.15, 0.2) is 5.16 Å². The van der Waals surface area contributed by atoms with Crippen molar-refractivity contribution in [2.45, 2.75) is 0 Å². The summed E-state index contributed by atoms with van der Waals surface area (Å²) in [5, 5.41) is -3.28. The second kappa shape index (κ2) is 2.64. The Morgan fingerprint density at radius 1 is 1.12 bits per heavy atom. The molecule has 0 bridgehead atoms. The SMILES string of the molecule is OP(O)(=S)P(O)(=S)S. The Bertz CT molecular complexity index is 141. The molecule has 0 spiro atoms. The summed E-state index contributed by atoms with van der Waals surface area (Å²) in [6.45, 7) is 0. The van der Waals surface area contributed by atoms with Gasteiger partial charge in [0, 0.05) is 0 Å². The van der Waals surface area contributed by atoms with Gasteiger partial charge in [-0.3, -0.25) is 0 Å². The fraction of sp³-hybridized carbons (Fsp3) is 0. The Morgan fingerprint density at radius 2 is 1.25 bits per heavy atom. The summed E-state index contributed by atoms with van der Waals surface area (Å²) in [6.07, 6.45) is -3.67. The van der Waals surface area contributed by atoms with Crippen LogP contribution in [-0.4, -0.2) is 14.7 Å². The summed E-state index contributed by atoms with van der Waals surface area (Å²) in [7, 11) is 0. The predicted octanol–water partition coefficient (Wildman–Crippen LogP) is 0.427. The molecule has 0 amide bonds. The van der Waals surface area contributed by atoms with Gasteiger partial charge in [0.1, 0.15) is 0 Å². The first kappa shape index (κ1) is 9.53. The molecule has 3 nitrogen and oxygen atoms in total. The summed E-state index contributed by atoms with van der Waals surface area (Å²) in [4.78, 5) is 25.5. The minimum Gasteiger partial charge on any atom is -0.351 e. The van der Waals surface area contributed by atoms with Crippen molar-refractivity contribution in [2.75, 3.05) is 0 Å². The minimum atomic E-state index is -3.67. The van der Waals surface area contributed by atoms with E-state index in [1.165, 1.54) is 0 Å². The maximum absolute atomic E-state index is 8.59. The lowest BCUT2D eigenvalue weighted by Gasteiger charge is -2.11. The zero-order valence-corrected chi connectivity index (χ0v) is 7.82. The van der Waals surface area contributed by atoms with Crippen molar-refractivity contribution in [3.05, 3.63) is 0 Å². The van der Waals surface area contributed by atoms with Crippen molar-refractivity contribution in [1.29, 1.82) is 0 Å². The summed E-state index contributed by atoms with van der Waals surface area (Å²) < 4.78 is 0. The minimum absolute atomic E-state index is 3.28. The summed E-state index contributed by atoms with van der Waals surface area (Å²) in [6, 6.07) is 0. The molecule has 0 aliphatic carbocycles. The van der Waals surface area contributed by atoms with Gasteiger partial charge in [-0.2, -0.15) is 0 Å². The van der Waals surface area contributed by atoms with Gasteiger partial charge in [0.05, 0.1) is 0 Å². The van der Waals surface area contributed by atoms with E-state index in [4.69, 9.17) is 14.7 Å². The van der Waals surface area contributed by atoms with Crippen molar-refractivity contribution in [3.8, 4) is 0 Å². The predicted molar refractivity (Wildman–Crippen MR) is 44.2 cm³/mol. The van der Waals surface area contributed by atoms with E-state index in [0.29, 0.717) is 0 Å². The average molecular weight is 210 g/mol. The van der Waals surface area contributed by atoms with Crippen LogP contribution in [0.4, 0.5) is 0 Å². The molecule has 0 aromatic carbocycles. The largest absolute Gasteiger partial charge is 0.351 e. The van der Waals surface area contributed by atoms with Crippen LogP contribution in [0, 0.1) is 0 Å². The highest BCUT2D eigenvalue weighted by Crippen LogP contribution is 2.77. The zero-order chi connectivity index (χ0) is 7.00. The lowest BCUT2D eigenvalue weighted by molar-refractivity contribution is 0.493. The summed E-state index contributed by atoms with van der Waals surface area (Å²) >= 11 is 11.6. The smallest absolute Gasteiger partial charge is 0.249 e. The lowest BCUT2D eigenvalue weighted by atomic mass is 15.9. The third-order valence-corrected chi connectivity index (χ3v) is 11.5. The highest BCUT2D eigenvalue weighted by Gasteiger charge is 2.24. The van der Waals surface area contributed by atoms with E-state index in [2.05, 4.69) is 35.9 Å². The molecule has 0 aromatic heterocycles. The van der Waals surface area contributed by atoms with Crippen LogP contribution in [0.2, 0.25) is 0 Å². The Balaban J connectivity index is 4.53. The van der Waals surface area contributed by atoms with E-state index in [0.717, 1.165) is 0 Å². The van der Waals surface area contributed by atoms with Crippen molar-refractivity contribution < 1.29 is 14.7 Å². The second-order valence-electron chi connectivity index (χ2n) is 1.03. The molecule has 0 saturated carbocycles. The first-order valence-corrected chi connectivity index (χ1v) is 8.69. The van der Waals surface area contributed by atoms with Gasteiger partial charge in [-0.15, -0.1) is 12.2 Å². The number of hydrogen-bond donors (Lipinski definition) is 4. The fourth-order valence-corrected chi connectivity index (χ4v) is 0. The quantitative estimate of drug-likeness (QED) is 0.373. The maximum atomic E-state index is 8.59. The Hall–Kier alpha value is 1.53. The van der Waals surface area contributed by atoms with Crippen LogP contribution in [0.1, 0.15) is 0 Å². The Labute approximate surface area is 62.1 Å². The van der Waals surface area contributed by atoms with E-state index in [1.807, 2.05) is 0 Å². The van der Waals surface area contributed by atoms with Gasteiger partial charge >= 0.3 is 0 Å². The number of rotatable bonds is 1. The first-order chi connectivity index (χ1) is 3.25. The summed E-state index contributed by atoms with van der Waals surface area (Å²) in [5.74, 6) is 0. The molecular formula is H4O3P2S3. The standard InChI is InChI=1S/H4O3P2S3/c1-4(2,6)5(3,7)8/h(H2,1,2,6)(H2,3,7,8). The molecule has 1 atom stereocenters. The Morgan fingerprint density at radius 3 is 1.25 bits per heavy atom. The molecule has 1 unspecified atom stereocenters. The van der Waals surface area contributed by atoms with Crippen LogP contribution in [0.15, 0.2) is 0 Å². The molecular weight excluding hydrogens is 206 g/mol. The highest BCUT2D eigenvalue weighted by molar-refractivity contribution is 8.88. The third kappa shape index (κ3) is 2.90. The molecule has 0 saturated heterocycles. The molecule has 0 rings (SSSR count). The molecule has 50 valence electrons. The van der Waals surface area contributed by atoms with Gasteiger partial charge in [-0.1, -0.05) is 0 Å². The monoisotopic (exact) mass is 210 g/mol. The van der Waals surface area contributed by atoms with Crippen molar-refractivity contribution in [1.82, 2.24) is 0 Å². The molecule has 0 radical (unpaired) electrons. The molecule has 8 heteroatoms. The van der Waals surface area contributed by atoms with Crippen molar-refractivity contribution in [2.24, 2.45) is 0 Å². The van der Waals surface area contributed by atoms with Gasteiger partial charge in [-0.25, -0.2) is 0 Å². The van der Waals surface area contributed by atoms with Crippen molar-refractivity contribution in [3.63, 3.8) is 0 Å². The zero-order valence-electron chi connectivity index (χ0n) is 3.50. The van der Waals surface area contributed by atoms with Crippen LogP contribution in [0.3, 0.4) is 0 Å². The molecule has 3 N–H and O–H groups in total. The lowest BCUT2D eigenvalue weighted by Crippen LogP contribution is -1.71. The summed E-state index contributed by atoms with van der Waals surface area (Å²) in [5.41, 5.74) is 0. The first-order valence-electron chi connectivity index (χ1n) is 1.37. The van der Waals surface area contributed by atoms with Crippen LogP contribution in [0.5, 0.6) is 0 Å². The maximum Gasteiger partial charge on any atom is 0.249 e. The molecule has 0 aromatic rings. The van der Waals surface area contributed by atoms with Crippen LogP contribution in [-0.2, 0) is 23.6 Å². The highest BCUT2D eigenvalue weighted by atomic mass is 33.1. The topological polar surface area (TPSA) is 60.7 Å². The average Bonchev–Trinajstić information content (AvgIpc) is 1.25. The van der Waals surface area contributed by atoms with Crippen LogP contribution in [0.25, 0.3) is 0 Å². The van der Waals surface area contributed by atoms with Gasteiger partial charge in [0.25, 0.3) is 0 Å². The van der Waals surface area contributed by atoms with E-state index in [9.17, 15) is 0 Å². The van der Waals surface area contributed by atoms with Crippen LogP contribution >= 0.6 is 23.6 Å². The molecule has 8 heavy (non-hydrogen) atoms. The molecule has 0 fully saturated rings. The van der Waals surface area contributed by atoms with Gasteiger partial charge in [0.2, 0.25) is 6.18 Å². The van der Waals surface area contributed by atoms with E-state index in [-0.39, 0.29) is 0 Å². The molecule has 0 heterocycles. The van der Waals surface area contributed by atoms with Gasteiger partial charge in [-0.05, 0) is 23.6 Å². The van der Waals surface area contributed by atoms with Crippen molar-refractivity contribution >= 4 is 47.2 Å². The third-order valence-electron chi connectivity index (χ3n) is 0.339. The van der Waals surface area contributed by atoms with E-state index in [1.54, 1.807) is 0 Å². The van der Waals surface area contributed by atoms with Gasteiger partial charge < -0.3 is 14.7 Å². The Kier molecular flexibility index (Phi) is 3.15. The number of hydrogen-bond acceptors (Lipinski definition) is 2. The van der Waals surface area contributed by atoms with E-state index >= 15 is 0 Å². The van der Waals surface area contributed by atoms with Crippen LogP contribution < -0.4 is 0 Å². The fourth-order valence-electron chi connectivity index (χ4n) is 0. The molecule has 0 aliphatic rings.